The summed E-state index contributed by atoms with van der Waals surface area (Å²) in [6.07, 6.45) is 1.28. The maximum atomic E-state index is 12.5. The first-order valence-corrected chi connectivity index (χ1v) is 9.33. The third kappa shape index (κ3) is 6.54. The van der Waals surface area contributed by atoms with Crippen molar-refractivity contribution in [1.82, 2.24) is 4.98 Å². The average Bonchev–Trinajstić information content (AvgIpc) is 2.65. The van der Waals surface area contributed by atoms with Crippen LogP contribution in [-0.4, -0.2) is 35.0 Å². The van der Waals surface area contributed by atoms with Gasteiger partial charge in [0, 0.05) is 11.1 Å². The lowest BCUT2D eigenvalue weighted by molar-refractivity contribution is -0.119. The Balaban J connectivity index is 1.97. The van der Waals surface area contributed by atoms with E-state index in [4.69, 9.17) is 10.00 Å². The topological polar surface area (TPSA) is 92.1 Å². The Hall–Kier alpha value is -2.64. The monoisotopic (exact) mass is 409 g/mol. The van der Waals surface area contributed by atoms with Crippen LogP contribution in [0.15, 0.2) is 52.5 Å². The number of amides is 1. The van der Waals surface area contributed by atoms with Crippen molar-refractivity contribution in [1.29, 1.82) is 5.26 Å². The number of carbonyl (C=O) groups excluding carboxylic acids is 2. The Labute approximate surface area is 162 Å². The first kappa shape index (κ1) is 20.7. The summed E-state index contributed by atoms with van der Waals surface area (Å²) in [4.78, 5) is 28.5. The van der Waals surface area contributed by atoms with Gasteiger partial charge < -0.3 is 10.1 Å². The fourth-order valence-corrected chi connectivity index (χ4v) is 3.16. The van der Waals surface area contributed by atoms with Crippen LogP contribution in [0.25, 0.3) is 0 Å². The number of benzene rings is 1. The molecule has 0 aliphatic carbocycles. The van der Waals surface area contributed by atoms with E-state index in [1.165, 1.54) is 30.1 Å². The molecular weight excluding hydrogens is 396 g/mol. The van der Waals surface area contributed by atoms with Crippen LogP contribution in [0.4, 0.5) is 14.5 Å². The Morgan fingerprint density at radius 2 is 2.04 bits per heavy atom. The summed E-state index contributed by atoms with van der Waals surface area (Å²) < 4.78 is 30.0. The molecule has 6 nitrogen and oxygen atoms in total. The van der Waals surface area contributed by atoms with Gasteiger partial charge in [0.25, 0.3) is 11.7 Å². The molecule has 0 aliphatic rings. The van der Waals surface area contributed by atoms with E-state index in [0.29, 0.717) is 10.6 Å². The van der Waals surface area contributed by atoms with Crippen molar-refractivity contribution in [2.45, 2.75) is 15.7 Å². The second kappa shape index (κ2) is 10.5. The molecule has 10 heteroatoms. The van der Waals surface area contributed by atoms with Crippen LogP contribution in [-0.2, 0) is 9.53 Å². The third-order valence-electron chi connectivity index (χ3n) is 2.98. The van der Waals surface area contributed by atoms with Gasteiger partial charge in [0.2, 0.25) is 0 Å². The molecule has 0 bridgehead atoms. The number of aromatic nitrogens is 1. The smallest absolute Gasteiger partial charge is 0.341 e. The van der Waals surface area contributed by atoms with E-state index in [-0.39, 0.29) is 28.1 Å². The molecule has 1 N–H and O–H groups in total. The van der Waals surface area contributed by atoms with Crippen LogP contribution in [0.5, 0.6) is 0 Å². The summed E-state index contributed by atoms with van der Waals surface area (Å²) in [5, 5.41) is 11.1. The summed E-state index contributed by atoms with van der Waals surface area (Å²) in [6.45, 7) is -0.593. The van der Waals surface area contributed by atoms with Crippen LogP contribution in [0.3, 0.4) is 0 Å². The second-order valence-electron chi connectivity index (χ2n) is 4.80. The van der Waals surface area contributed by atoms with Gasteiger partial charge in [0.15, 0.2) is 6.61 Å². The molecule has 0 unspecified atom stereocenters. The molecular formula is C17H13F2N3O3S2. The number of anilines is 1. The number of hydrogen-bond acceptors (Lipinski definition) is 7. The van der Waals surface area contributed by atoms with Crippen molar-refractivity contribution < 1.29 is 23.1 Å². The van der Waals surface area contributed by atoms with Crippen molar-refractivity contribution in [3.05, 3.63) is 48.2 Å². The van der Waals surface area contributed by atoms with Gasteiger partial charge in [-0.05, 0) is 36.0 Å². The Kier molecular flexibility index (Phi) is 8.03. The zero-order valence-electron chi connectivity index (χ0n) is 13.7. The molecule has 0 fully saturated rings. The summed E-state index contributed by atoms with van der Waals surface area (Å²) in [7, 11) is 0. The number of halogens is 2. The fourth-order valence-electron chi connectivity index (χ4n) is 1.93. The summed E-state index contributed by atoms with van der Waals surface area (Å²) in [6, 6.07) is 11.6. The molecule has 0 spiro atoms. The maximum absolute atomic E-state index is 12.5. The minimum atomic E-state index is -2.74. The summed E-state index contributed by atoms with van der Waals surface area (Å²) in [5.41, 5.74) is 0.342. The lowest BCUT2D eigenvalue weighted by Crippen LogP contribution is -2.21. The van der Waals surface area contributed by atoms with Crippen LogP contribution in [0.1, 0.15) is 10.4 Å². The van der Waals surface area contributed by atoms with Crippen LogP contribution < -0.4 is 5.32 Å². The predicted molar refractivity (Wildman–Crippen MR) is 97.8 cm³/mol. The van der Waals surface area contributed by atoms with Gasteiger partial charge in [0.05, 0.1) is 23.1 Å². The molecule has 1 aromatic carbocycles. The number of thioether (sulfide) groups is 2. The SMILES string of the molecule is N#CCSc1ccccc1NC(=O)COC(=O)c1cccnc1SC(F)F. The Morgan fingerprint density at radius 3 is 2.78 bits per heavy atom. The second-order valence-corrected chi connectivity index (χ2v) is 6.80. The van der Waals surface area contributed by atoms with Crippen LogP contribution in [0, 0.1) is 11.3 Å². The quantitative estimate of drug-likeness (QED) is 0.524. The van der Waals surface area contributed by atoms with E-state index in [9.17, 15) is 18.4 Å². The number of rotatable bonds is 8. The predicted octanol–water partition coefficient (Wildman–Crippen LogP) is 3.81. The number of para-hydroxylation sites is 1. The molecule has 1 aromatic heterocycles. The van der Waals surface area contributed by atoms with Crippen molar-refractivity contribution in [2.75, 3.05) is 17.7 Å². The van der Waals surface area contributed by atoms with Gasteiger partial charge in [-0.3, -0.25) is 4.79 Å². The number of hydrogen-bond donors (Lipinski definition) is 1. The van der Waals surface area contributed by atoms with Gasteiger partial charge in [-0.15, -0.1) is 11.8 Å². The van der Waals surface area contributed by atoms with Crippen LogP contribution in [0.2, 0.25) is 0 Å². The number of nitrogens with zero attached hydrogens (tertiary/aromatic N) is 2. The van der Waals surface area contributed by atoms with Crippen molar-refractivity contribution in [3.63, 3.8) is 0 Å². The zero-order chi connectivity index (χ0) is 19.6. The van der Waals surface area contributed by atoms with E-state index < -0.39 is 24.2 Å². The molecule has 2 rings (SSSR count). The minimum Gasteiger partial charge on any atom is -0.452 e. The average molecular weight is 409 g/mol. The third-order valence-corrected chi connectivity index (χ3v) is 4.65. The first-order valence-electron chi connectivity index (χ1n) is 7.47. The largest absolute Gasteiger partial charge is 0.452 e. The molecule has 140 valence electrons. The van der Waals surface area contributed by atoms with Gasteiger partial charge >= 0.3 is 5.97 Å². The highest BCUT2D eigenvalue weighted by atomic mass is 32.2. The molecule has 2 aromatic rings. The highest BCUT2D eigenvalue weighted by molar-refractivity contribution is 7.99. The standard InChI is InChI=1S/C17H13F2N3O3S2/c18-17(19)27-15-11(4-3-8-21-15)16(24)25-10-14(23)22-12-5-1-2-6-13(12)26-9-7-20/h1-6,8,17H,9-10H2,(H,22,23). The fraction of sp³-hybridized carbons (Fsp3) is 0.176. The van der Waals surface area contributed by atoms with Gasteiger partial charge in [-0.25, -0.2) is 9.78 Å². The van der Waals surface area contributed by atoms with Gasteiger partial charge in [0.1, 0.15) is 5.03 Å². The van der Waals surface area contributed by atoms with E-state index in [2.05, 4.69) is 10.3 Å². The van der Waals surface area contributed by atoms with E-state index in [0.717, 1.165) is 0 Å². The number of nitriles is 1. The highest BCUT2D eigenvalue weighted by Gasteiger charge is 2.19. The molecule has 1 heterocycles. The molecule has 1 amide bonds. The molecule has 27 heavy (non-hydrogen) atoms. The van der Waals surface area contributed by atoms with Crippen LogP contribution >= 0.6 is 23.5 Å². The summed E-state index contributed by atoms with van der Waals surface area (Å²) >= 11 is 1.38. The van der Waals surface area contributed by atoms with Crippen molar-refractivity contribution >= 4 is 41.1 Å². The van der Waals surface area contributed by atoms with E-state index >= 15 is 0 Å². The number of nitrogens with one attached hydrogen (secondary N) is 1. The number of ether oxygens (including phenoxy) is 1. The van der Waals surface area contributed by atoms with E-state index in [1.807, 2.05) is 6.07 Å². The Morgan fingerprint density at radius 1 is 1.26 bits per heavy atom. The van der Waals surface area contributed by atoms with Gasteiger partial charge in [-0.2, -0.15) is 14.0 Å². The van der Waals surface area contributed by atoms with E-state index in [1.54, 1.807) is 24.3 Å². The maximum Gasteiger partial charge on any atom is 0.341 e. The zero-order valence-corrected chi connectivity index (χ0v) is 15.4. The lowest BCUT2D eigenvalue weighted by atomic mass is 10.3. The number of pyridine rings is 1. The normalized spacial score (nSPS) is 10.3. The van der Waals surface area contributed by atoms with Crippen molar-refractivity contribution in [3.8, 4) is 6.07 Å². The lowest BCUT2D eigenvalue weighted by Gasteiger charge is -2.11. The van der Waals surface area contributed by atoms with Crippen molar-refractivity contribution in [2.24, 2.45) is 0 Å². The molecule has 0 radical (unpaired) electrons. The number of carbonyl (C=O) groups is 2. The first-order chi connectivity index (χ1) is 13.0. The highest BCUT2D eigenvalue weighted by Crippen LogP contribution is 2.27. The van der Waals surface area contributed by atoms with Gasteiger partial charge in [-0.1, -0.05) is 12.1 Å². The molecule has 0 saturated carbocycles. The Bertz CT molecular complexity index is 859. The molecule has 0 aliphatic heterocycles. The number of alkyl halides is 2. The molecule has 0 saturated heterocycles. The number of esters is 1. The minimum absolute atomic E-state index is 0.125. The summed E-state index contributed by atoms with van der Waals surface area (Å²) in [5.74, 6) is -4.04. The molecule has 0 atom stereocenters.